The second-order valence-electron chi connectivity index (χ2n) is 11.7. The van der Waals surface area contributed by atoms with E-state index in [0.717, 1.165) is 43.6 Å². The van der Waals surface area contributed by atoms with Gasteiger partial charge in [-0.1, -0.05) is 38.2 Å². The maximum Gasteiger partial charge on any atom is 0.238 e. The van der Waals surface area contributed by atoms with E-state index in [0.29, 0.717) is 36.0 Å². The predicted molar refractivity (Wildman–Crippen MR) is 129 cm³/mol. The summed E-state index contributed by atoms with van der Waals surface area (Å²) in [5.41, 5.74) is 3.55. The second-order valence-corrected chi connectivity index (χ2v) is 11.7. The molecule has 4 fully saturated rings. The molecule has 186 valence electrons. The molecule has 2 N–H and O–H groups in total. The first-order chi connectivity index (χ1) is 15.7. The average Bonchev–Trinajstić information content (AvgIpc) is 3.32. The molecular weight excluding hydrogens is 420 g/mol. The highest BCUT2D eigenvalue weighted by Gasteiger charge is 2.50. The lowest BCUT2D eigenvalue weighted by Crippen LogP contribution is -2.39. The first kappa shape index (κ1) is 25.1. The molecule has 3 aliphatic carbocycles. The normalized spacial score (nSPS) is 41.3. The van der Waals surface area contributed by atoms with E-state index >= 15 is 0 Å². The molecule has 1 heterocycles. The summed E-state index contributed by atoms with van der Waals surface area (Å²) in [6.07, 6.45) is 9.06. The number of likely N-dealkylation sites (tertiary alicyclic amines) is 1. The van der Waals surface area contributed by atoms with E-state index in [1.807, 2.05) is 0 Å². The molecule has 7 atom stereocenters. The summed E-state index contributed by atoms with van der Waals surface area (Å²) in [6, 6.07) is 0. The Bertz CT molecular complexity index is 778. The molecule has 0 bridgehead atoms. The first-order valence-electron chi connectivity index (χ1n) is 13.1. The maximum absolute atomic E-state index is 12.8. The minimum atomic E-state index is -2.18. The quantitative estimate of drug-likeness (QED) is 0.528. The minimum absolute atomic E-state index is 0.0538. The van der Waals surface area contributed by atoms with Crippen molar-refractivity contribution in [2.45, 2.75) is 90.3 Å². The van der Waals surface area contributed by atoms with Crippen molar-refractivity contribution in [3.63, 3.8) is 0 Å². The maximum atomic E-state index is 12.8. The molecule has 2 unspecified atom stereocenters. The molecule has 33 heavy (non-hydrogen) atoms. The monoisotopic (exact) mass is 463 g/mol. The van der Waals surface area contributed by atoms with Crippen LogP contribution in [-0.2, 0) is 0 Å². The summed E-state index contributed by atoms with van der Waals surface area (Å²) in [5, 5.41) is 20.2. The molecule has 3 saturated carbocycles. The third-order valence-electron chi connectivity index (χ3n) is 9.42. The fourth-order valence-electron chi connectivity index (χ4n) is 7.74. The van der Waals surface area contributed by atoms with Crippen LogP contribution in [0.1, 0.15) is 71.6 Å². The molecule has 3 nitrogen and oxygen atoms in total. The zero-order valence-corrected chi connectivity index (χ0v) is 20.5. The van der Waals surface area contributed by atoms with Gasteiger partial charge < -0.3 is 15.1 Å². The van der Waals surface area contributed by atoms with E-state index in [-0.39, 0.29) is 12.3 Å². The first-order valence-corrected chi connectivity index (χ1v) is 13.1. The Morgan fingerprint density at radius 1 is 1.21 bits per heavy atom. The number of nitrogens with zero attached hydrogens (tertiary/aromatic N) is 1. The predicted octanol–water partition coefficient (Wildman–Crippen LogP) is 5.74. The number of hydrogen-bond acceptors (Lipinski definition) is 3. The molecule has 0 spiro atoms. The van der Waals surface area contributed by atoms with Gasteiger partial charge in [0, 0.05) is 25.9 Å². The van der Waals surface area contributed by atoms with Crippen LogP contribution in [-0.4, -0.2) is 53.4 Å². The topological polar surface area (TPSA) is 43.7 Å². The standard InChI is InChI=1S/C28H43F2NO2/c1-18(16-31-12-10-20(17-31)13-27(29)30)24-8-9-25-21(5-4-11-28(24,25)3)6-7-22-14-23(32)15-26(33)19(22)2/h6-7,18,20,23-27,32-33H,2,4-5,8-17H2,1,3H3/t18?,20?,23-,24-,25+,26+,28-/m1/s1. The fraction of sp³-hybridized carbons (Fsp3) is 0.786. The summed E-state index contributed by atoms with van der Waals surface area (Å²) in [5.74, 6) is 1.99. The molecule has 4 aliphatic rings. The SMILES string of the molecule is C=C1C(=CC=C2CCC[C@]3(C)[C@@H](C(C)CN4CCC(CC(F)F)C4)CC[C@@H]23)C[C@@H](O)C[C@@H]1O. The molecular formula is C28H43F2NO2. The van der Waals surface area contributed by atoms with Crippen LogP contribution in [0.25, 0.3) is 0 Å². The van der Waals surface area contributed by atoms with E-state index < -0.39 is 18.6 Å². The number of allylic oxidation sites excluding steroid dienone is 3. The van der Waals surface area contributed by atoms with Crippen molar-refractivity contribution >= 4 is 0 Å². The van der Waals surface area contributed by atoms with Gasteiger partial charge in [0.1, 0.15) is 0 Å². The Morgan fingerprint density at radius 2 is 2.00 bits per heavy atom. The van der Waals surface area contributed by atoms with Gasteiger partial charge in [0.05, 0.1) is 12.2 Å². The van der Waals surface area contributed by atoms with Crippen LogP contribution in [0.15, 0.2) is 35.5 Å². The molecule has 0 aromatic carbocycles. The molecule has 5 heteroatoms. The lowest BCUT2D eigenvalue weighted by atomic mass is 9.61. The van der Waals surface area contributed by atoms with Crippen molar-refractivity contribution < 1.29 is 19.0 Å². The molecule has 1 aliphatic heterocycles. The number of fused-ring (bicyclic) bond motifs is 1. The number of alkyl halides is 2. The Kier molecular flexibility index (Phi) is 7.82. The van der Waals surface area contributed by atoms with E-state index in [9.17, 15) is 19.0 Å². The Hall–Kier alpha value is -1.04. The van der Waals surface area contributed by atoms with E-state index in [1.165, 1.54) is 31.3 Å². The van der Waals surface area contributed by atoms with Gasteiger partial charge in [-0.15, -0.1) is 0 Å². The van der Waals surface area contributed by atoms with Crippen LogP contribution in [0.3, 0.4) is 0 Å². The summed E-state index contributed by atoms with van der Waals surface area (Å²) < 4.78 is 25.6. The van der Waals surface area contributed by atoms with Crippen LogP contribution in [0.5, 0.6) is 0 Å². The van der Waals surface area contributed by atoms with E-state index in [1.54, 1.807) is 0 Å². The van der Waals surface area contributed by atoms with Gasteiger partial charge in [0.15, 0.2) is 0 Å². The summed E-state index contributed by atoms with van der Waals surface area (Å²) >= 11 is 0. The Morgan fingerprint density at radius 3 is 2.76 bits per heavy atom. The molecule has 0 aromatic rings. The summed E-state index contributed by atoms with van der Waals surface area (Å²) in [6.45, 7) is 11.8. The van der Waals surface area contributed by atoms with Gasteiger partial charge in [0.25, 0.3) is 0 Å². The number of hydrogen-bond donors (Lipinski definition) is 2. The van der Waals surface area contributed by atoms with E-state index in [4.69, 9.17) is 0 Å². The van der Waals surface area contributed by atoms with Crippen LogP contribution in [0.4, 0.5) is 8.78 Å². The van der Waals surface area contributed by atoms with Crippen molar-refractivity contribution in [3.8, 4) is 0 Å². The van der Waals surface area contributed by atoms with Crippen LogP contribution >= 0.6 is 0 Å². The average molecular weight is 464 g/mol. The number of rotatable bonds is 6. The van der Waals surface area contributed by atoms with Crippen molar-refractivity contribution in [2.75, 3.05) is 19.6 Å². The highest BCUT2D eigenvalue weighted by molar-refractivity contribution is 5.38. The number of aliphatic hydroxyl groups is 2. The molecule has 0 radical (unpaired) electrons. The van der Waals surface area contributed by atoms with Crippen molar-refractivity contribution in [1.82, 2.24) is 4.90 Å². The lowest BCUT2D eigenvalue weighted by Gasteiger charge is -2.45. The van der Waals surface area contributed by atoms with Crippen LogP contribution in [0, 0.1) is 29.1 Å². The van der Waals surface area contributed by atoms with Crippen LogP contribution in [0.2, 0.25) is 0 Å². The number of aliphatic hydroxyl groups excluding tert-OH is 2. The van der Waals surface area contributed by atoms with Gasteiger partial charge in [-0.05, 0) is 91.7 Å². The van der Waals surface area contributed by atoms with Gasteiger partial charge >= 0.3 is 0 Å². The van der Waals surface area contributed by atoms with Gasteiger partial charge in [-0.3, -0.25) is 0 Å². The Balaban J connectivity index is 1.42. The fourth-order valence-corrected chi connectivity index (χ4v) is 7.74. The summed E-state index contributed by atoms with van der Waals surface area (Å²) in [4.78, 5) is 2.43. The van der Waals surface area contributed by atoms with Crippen molar-refractivity contribution in [1.29, 1.82) is 0 Å². The van der Waals surface area contributed by atoms with E-state index in [2.05, 4.69) is 37.5 Å². The highest BCUT2D eigenvalue weighted by Crippen LogP contribution is 2.59. The minimum Gasteiger partial charge on any atom is -0.393 e. The zero-order chi connectivity index (χ0) is 23.8. The molecule has 4 rings (SSSR count). The zero-order valence-electron chi connectivity index (χ0n) is 20.5. The molecule has 0 aromatic heterocycles. The summed E-state index contributed by atoms with van der Waals surface area (Å²) in [7, 11) is 0. The highest BCUT2D eigenvalue weighted by atomic mass is 19.3. The Labute approximate surface area is 198 Å². The number of halogens is 2. The smallest absolute Gasteiger partial charge is 0.238 e. The van der Waals surface area contributed by atoms with Gasteiger partial charge in [-0.25, -0.2) is 8.78 Å². The van der Waals surface area contributed by atoms with Crippen molar-refractivity contribution in [3.05, 3.63) is 35.5 Å². The van der Waals surface area contributed by atoms with Gasteiger partial charge in [0.2, 0.25) is 6.43 Å². The third-order valence-corrected chi connectivity index (χ3v) is 9.42. The largest absolute Gasteiger partial charge is 0.393 e. The second kappa shape index (κ2) is 10.3. The van der Waals surface area contributed by atoms with Crippen LogP contribution < -0.4 is 0 Å². The third kappa shape index (κ3) is 5.46. The van der Waals surface area contributed by atoms with Crippen molar-refractivity contribution in [2.24, 2.45) is 29.1 Å². The molecule has 0 amide bonds. The lowest BCUT2D eigenvalue weighted by molar-refractivity contribution is 0.0796. The molecule has 1 saturated heterocycles. The van der Waals surface area contributed by atoms with Gasteiger partial charge in [-0.2, -0.15) is 0 Å².